The van der Waals surface area contributed by atoms with E-state index in [1.165, 1.54) is 45.5 Å². The van der Waals surface area contributed by atoms with Crippen LogP contribution in [-0.4, -0.2) is 88.8 Å². The molecule has 1 fully saturated rings. The molecule has 1 heterocycles. The number of likely N-dealkylation sites (N-methyl/N-ethyl adjacent to an activating group) is 1. The number of amides is 2. The van der Waals surface area contributed by atoms with E-state index in [4.69, 9.17) is 4.74 Å². The fraction of sp³-hybridized carbons (Fsp3) is 0.364. The van der Waals surface area contributed by atoms with E-state index < -0.39 is 15.9 Å². The number of carbonyl (C=O) groups is 2. The van der Waals surface area contributed by atoms with Gasteiger partial charge < -0.3 is 19.9 Å². The van der Waals surface area contributed by atoms with Crippen LogP contribution in [0, 0.1) is 0 Å². The van der Waals surface area contributed by atoms with Crippen molar-refractivity contribution in [1.82, 2.24) is 14.1 Å². The highest BCUT2D eigenvalue weighted by atomic mass is 32.2. The summed E-state index contributed by atoms with van der Waals surface area (Å²) in [6.07, 6.45) is 0. The standard InChI is InChI=1S/C22H28N4O5S/c1-24(2)32(29,30)18-8-5-16(6-9-18)21(27)23-19-15-17(7-10-20(19)31-4)22(28)26-13-11-25(3)12-14-26/h5-10,15H,11-14H2,1-4H3,(H,23,27). The minimum Gasteiger partial charge on any atom is -0.495 e. The molecule has 0 aliphatic carbocycles. The van der Waals surface area contributed by atoms with Crippen LogP contribution in [0.2, 0.25) is 0 Å². The summed E-state index contributed by atoms with van der Waals surface area (Å²) in [5.41, 5.74) is 1.10. The molecule has 2 aromatic carbocycles. The van der Waals surface area contributed by atoms with E-state index in [1.807, 2.05) is 7.05 Å². The van der Waals surface area contributed by atoms with Crippen molar-refractivity contribution in [3.8, 4) is 5.75 Å². The quantitative estimate of drug-likeness (QED) is 0.703. The normalized spacial score (nSPS) is 15.0. The summed E-state index contributed by atoms with van der Waals surface area (Å²) in [6, 6.07) is 10.6. The molecule has 3 rings (SSSR count). The molecule has 0 atom stereocenters. The molecule has 1 aliphatic rings. The Morgan fingerprint density at radius 1 is 0.969 bits per heavy atom. The molecule has 0 saturated carbocycles. The number of rotatable bonds is 6. The highest BCUT2D eigenvalue weighted by Crippen LogP contribution is 2.27. The first-order valence-corrected chi connectivity index (χ1v) is 11.6. The summed E-state index contributed by atoms with van der Waals surface area (Å²) in [4.78, 5) is 29.7. The zero-order valence-electron chi connectivity index (χ0n) is 18.7. The lowest BCUT2D eigenvalue weighted by Gasteiger charge is -2.32. The van der Waals surface area contributed by atoms with Gasteiger partial charge in [-0.05, 0) is 49.5 Å². The minimum absolute atomic E-state index is 0.0939. The van der Waals surface area contributed by atoms with Crippen LogP contribution in [0.4, 0.5) is 5.69 Å². The monoisotopic (exact) mass is 460 g/mol. The summed E-state index contributed by atoms with van der Waals surface area (Å²) in [5.74, 6) is -0.129. The third kappa shape index (κ3) is 5.09. The van der Waals surface area contributed by atoms with E-state index in [0.29, 0.717) is 30.1 Å². The fourth-order valence-electron chi connectivity index (χ4n) is 3.31. The highest BCUT2D eigenvalue weighted by molar-refractivity contribution is 7.89. The smallest absolute Gasteiger partial charge is 0.255 e. The minimum atomic E-state index is -3.58. The average Bonchev–Trinajstić information content (AvgIpc) is 2.79. The Kier molecular flexibility index (Phi) is 7.17. The number of ether oxygens (including phenoxy) is 1. The van der Waals surface area contributed by atoms with Crippen molar-refractivity contribution in [1.29, 1.82) is 0 Å². The highest BCUT2D eigenvalue weighted by Gasteiger charge is 2.22. The second-order valence-electron chi connectivity index (χ2n) is 7.78. The SMILES string of the molecule is COc1ccc(C(=O)N2CCN(C)CC2)cc1NC(=O)c1ccc(S(=O)(=O)N(C)C)cc1. The summed E-state index contributed by atoms with van der Waals surface area (Å²) >= 11 is 0. The van der Waals surface area contributed by atoms with Crippen molar-refractivity contribution in [3.05, 3.63) is 53.6 Å². The lowest BCUT2D eigenvalue weighted by Crippen LogP contribution is -2.47. The first-order chi connectivity index (χ1) is 15.1. The molecule has 2 amide bonds. The molecule has 1 aliphatic heterocycles. The maximum atomic E-state index is 12.9. The Hall–Kier alpha value is -2.95. The van der Waals surface area contributed by atoms with Gasteiger partial charge in [-0.15, -0.1) is 0 Å². The average molecular weight is 461 g/mol. The van der Waals surface area contributed by atoms with E-state index in [9.17, 15) is 18.0 Å². The number of piperazine rings is 1. The van der Waals surface area contributed by atoms with Gasteiger partial charge in [-0.25, -0.2) is 12.7 Å². The number of benzene rings is 2. The van der Waals surface area contributed by atoms with E-state index in [0.717, 1.165) is 17.4 Å². The van der Waals surface area contributed by atoms with Crippen LogP contribution in [0.3, 0.4) is 0 Å². The number of hydrogen-bond acceptors (Lipinski definition) is 6. The first kappa shape index (κ1) is 23.7. The molecule has 32 heavy (non-hydrogen) atoms. The Labute approximate surface area is 188 Å². The van der Waals surface area contributed by atoms with Crippen molar-refractivity contribution < 1.29 is 22.7 Å². The van der Waals surface area contributed by atoms with Crippen molar-refractivity contribution >= 4 is 27.5 Å². The van der Waals surface area contributed by atoms with Crippen LogP contribution in [0.5, 0.6) is 5.75 Å². The lowest BCUT2D eigenvalue weighted by atomic mass is 10.1. The van der Waals surface area contributed by atoms with Crippen LogP contribution in [-0.2, 0) is 10.0 Å². The van der Waals surface area contributed by atoms with Gasteiger partial charge in [0.1, 0.15) is 5.75 Å². The Balaban J connectivity index is 1.79. The summed E-state index contributed by atoms with van der Waals surface area (Å²) in [7, 11) is 2.80. The molecular weight excluding hydrogens is 432 g/mol. The van der Waals surface area contributed by atoms with Crippen LogP contribution < -0.4 is 10.1 Å². The second kappa shape index (κ2) is 9.68. The third-order valence-electron chi connectivity index (χ3n) is 5.38. The lowest BCUT2D eigenvalue weighted by molar-refractivity contribution is 0.0664. The molecular formula is C22H28N4O5S. The van der Waals surface area contributed by atoms with E-state index in [1.54, 1.807) is 23.1 Å². The molecule has 10 heteroatoms. The maximum Gasteiger partial charge on any atom is 0.255 e. The molecule has 0 bridgehead atoms. The maximum absolute atomic E-state index is 12.9. The molecule has 1 N–H and O–H groups in total. The molecule has 0 aromatic heterocycles. The van der Waals surface area contributed by atoms with Gasteiger partial charge in [-0.3, -0.25) is 9.59 Å². The van der Waals surface area contributed by atoms with E-state index in [2.05, 4.69) is 10.2 Å². The van der Waals surface area contributed by atoms with Crippen molar-refractivity contribution in [3.63, 3.8) is 0 Å². The van der Waals surface area contributed by atoms with Gasteiger partial charge in [-0.2, -0.15) is 0 Å². The topological polar surface area (TPSA) is 99.3 Å². The molecule has 2 aromatic rings. The van der Waals surface area contributed by atoms with Crippen LogP contribution in [0.25, 0.3) is 0 Å². The van der Waals surface area contributed by atoms with Crippen LogP contribution >= 0.6 is 0 Å². The first-order valence-electron chi connectivity index (χ1n) is 10.1. The van der Waals surface area contributed by atoms with Gasteiger partial charge >= 0.3 is 0 Å². The largest absolute Gasteiger partial charge is 0.495 e. The summed E-state index contributed by atoms with van der Waals surface area (Å²) < 4.78 is 30.9. The number of nitrogens with one attached hydrogen (secondary N) is 1. The second-order valence-corrected chi connectivity index (χ2v) is 9.93. The van der Waals surface area contributed by atoms with E-state index in [-0.39, 0.29) is 16.4 Å². The Morgan fingerprint density at radius 2 is 1.56 bits per heavy atom. The predicted molar refractivity (Wildman–Crippen MR) is 122 cm³/mol. The number of nitrogens with zero attached hydrogens (tertiary/aromatic N) is 3. The summed E-state index contributed by atoms with van der Waals surface area (Å²) in [5, 5.41) is 2.76. The molecule has 172 valence electrons. The Morgan fingerprint density at radius 3 is 2.12 bits per heavy atom. The van der Waals surface area contributed by atoms with Crippen molar-refractivity contribution in [2.75, 3.05) is 59.7 Å². The van der Waals surface area contributed by atoms with Crippen molar-refractivity contribution in [2.45, 2.75) is 4.90 Å². The zero-order valence-corrected chi connectivity index (χ0v) is 19.5. The van der Waals surface area contributed by atoms with Gasteiger partial charge in [0.25, 0.3) is 11.8 Å². The summed E-state index contributed by atoms with van der Waals surface area (Å²) in [6.45, 7) is 2.91. The zero-order chi connectivity index (χ0) is 23.5. The van der Waals surface area contributed by atoms with E-state index >= 15 is 0 Å². The molecule has 0 unspecified atom stereocenters. The van der Waals surface area contributed by atoms with Gasteiger partial charge in [0.2, 0.25) is 10.0 Å². The van der Waals surface area contributed by atoms with Crippen molar-refractivity contribution in [2.24, 2.45) is 0 Å². The Bertz CT molecular complexity index is 1090. The van der Waals surface area contributed by atoms with Gasteiger partial charge in [0.15, 0.2) is 0 Å². The van der Waals surface area contributed by atoms with Crippen LogP contribution in [0.1, 0.15) is 20.7 Å². The molecule has 1 saturated heterocycles. The molecule has 0 radical (unpaired) electrons. The third-order valence-corrected chi connectivity index (χ3v) is 7.21. The number of anilines is 1. The van der Waals surface area contributed by atoms with Crippen LogP contribution in [0.15, 0.2) is 47.4 Å². The predicted octanol–water partition coefficient (Wildman–Crippen LogP) is 1.59. The number of methoxy groups -OCH3 is 1. The van der Waals surface area contributed by atoms with Gasteiger partial charge in [-0.1, -0.05) is 0 Å². The number of hydrogen-bond donors (Lipinski definition) is 1. The molecule has 0 spiro atoms. The fourth-order valence-corrected chi connectivity index (χ4v) is 4.22. The van der Waals surface area contributed by atoms with Gasteiger partial charge in [0.05, 0.1) is 17.7 Å². The molecule has 9 nitrogen and oxygen atoms in total. The number of sulfonamides is 1. The van der Waals surface area contributed by atoms with Gasteiger partial charge in [0, 0.05) is 51.4 Å². The number of carbonyl (C=O) groups excluding carboxylic acids is 2.